The van der Waals surface area contributed by atoms with Gasteiger partial charge in [-0.05, 0) is 24.1 Å². The standard InChI is InChI=1S/C17H25F3N2O3.ClH/c1-23-14-10-12(11-15(24-2)16(14)25-3)13(4-5-17(18,19)20)22-8-6-21-7-9-22;/h10-11,13,21H,4-9H2,1-3H3;1H/t13-;/m0./s1. The second-order valence-electron chi connectivity index (χ2n) is 5.91. The number of piperazine rings is 1. The van der Waals surface area contributed by atoms with Crippen LogP contribution in [0.1, 0.15) is 24.4 Å². The summed E-state index contributed by atoms with van der Waals surface area (Å²) in [5, 5.41) is 3.22. The third-order valence-corrected chi connectivity index (χ3v) is 4.37. The molecule has 0 aliphatic carbocycles. The molecule has 1 atom stereocenters. The number of nitrogens with zero attached hydrogens (tertiary/aromatic N) is 1. The third-order valence-electron chi connectivity index (χ3n) is 4.37. The maximum Gasteiger partial charge on any atom is 0.389 e. The molecule has 26 heavy (non-hydrogen) atoms. The highest BCUT2D eigenvalue weighted by Crippen LogP contribution is 2.42. The third kappa shape index (κ3) is 5.82. The predicted molar refractivity (Wildman–Crippen MR) is 95.8 cm³/mol. The molecule has 0 spiro atoms. The van der Waals surface area contributed by atoms with Crippen molar-refractivity contribution < 1.29 is 27.4 Å². The summed E-state index contributed by atoms with van der Waals surface area (Å²) in [4.78, 5) is 2.07. The Morgan fingerprint density at radius 2 is 1.58 bits per heavy atom. The summed E-state index contributed by atoms with van der Waals surface area (Å²) in [5.41, 5.74) is 0.737. The molecule has 0 saturated carbocycles. The summed E-state index contributed by atoms with van der Waals surface area (Å²) >= 11 is 0. The Bertz CT molecular complexity index is 542. The van der Waals surface area contributed by atoms with Gasteiger partial charge in [0.2, 0.25) is 5.75 Å². The van der Waals surface area contributed by atoms with Crippen molar-refractivity contribution in [3.8, 4) is 17.2 Å². The summed E-state index contributed by atoms with van der Waals surface area (Å²) in [7, 11) is 4.49. The number of hydrogen-bond donors (Lipinski definition) is 1. The Labute approximate surface area is 158 Å². The fourth-order valence-corrected chi connectivity index (χ4v) is 3.15. The molecule has 0 amide bonds. The average molecular weight is 399 g/mol. The minimum Gasteiger partial charge on any atom is -0.493 e. The van der Waals surface area contributed by atoms with E-state index >= 15 is 0 Å². The van der Waals surface area contributed by atoms with Gasteiger partial charge in [0.1, 0.15) is 0 Å². The zero-order chi connectivity index (χ0) is 18.4. The van der Waals surface area contributed by atoms with Crippen molar-refractivity contribution in [3.63, 3.8) is 0 Å². The van der Waals surface area contributed by atoms with E-state index in [-0.39, 0.29) is 24.9 Å². The van der Waals surface area contributed by atoms with Gasteiger partial charge in [-0.1, -0.05) is 0 Å². The zero-order valence-corrected chi connectivity index (χ0v) is 16.0. The van der Waals surface area contributed by atoms with Gasteiger partial charge in [-0.3, -0.25) is 4.90 Å². The summed E-state index contributed by atoms with van der Waals surface area (Å²) in [6, 6.07) is 3.12. The maximum absolute atomic E-state index is 12.8. The number of halogens is 4. The summed E-state index contributed by atoms with van der Waals surface area (Å²) in [6.45, 7) is 2.90. The van der Waals surface area contributed by atoms with E-state index in [1.807, 2.05) is 0 Å². The maximum atomic E-state index is 12.8. The van der Waals surface area contributed by atoms with Gasteiger partial charge in [0.25, 0.3) is 0 Å². The molecule has 9 heteroatoms. The van der Waals surface area contributed by atoms with Crippen LogP contribution in [0, 0.1) is 0 Å². The normalized spacial score (nSPS) is 16.5. The molecule has 5 nitrogen and oxygen atoms in total. The number of methoxy groups -OCH3 is 3. The van der Waals surface area contributed by atoms with Gasteiger partial charge in [0.15, 0.2) is 11.5 Å². The first-order chi connectivity index (χ1) is 11.9. The molecule has 0 radical (unpaired) electrons. The number of rotatable bonds is 7. The minimum absolute atomic E-state index is 0. The molecule has 0 unspecified atom stereocenters. The van der Waals surface area contributed by atoms with Gasteiger partial charge in [-0.25, -0.2) is 0 Å². The molecule has 0 bridgehead atoms. The van der Waals surface area contributed by atoms with E-state index < -0.39 is 12.6 Å². The molecular weight excluding hydrogens is 373 g/mol. The first kappa shape index (κ1) is 22.7. The average Bonchev–Trinajstić information content (AvgIpc) is 2.60. The van der Waals surface area contributed by atoms with Crippen molar-refractivity contribution in [1.82, 2.24) is 10.2 Å². The number of ether oxygens (including phenoxy) is 3. The second kappa shape index (κ2) is 10.1. The highest BCUT2D eigenvalue weighted by molar-refractivity contribution is 5.85. The van der Waals surface area contributed by atoms with Gasteiger partial charge in [-0.2, -0.15) is 13.2 Å². The van der Waals surface area contributed by atoms with Crippen LogP contribution in [-0.2, 0) is 0 Å². The Balaban J connectivity index is 0.00000338. The van der Waals surface area contributed by atoms with Crippen LogP contribution in [0.5, 0.6) is 17.2 Å². The van der Waals surface area contributed by atoms with Crippen molar-refractivity contribution in [1.29, 1.82) is 0 Å². The molecule has 2 rings (SSSR count). The fraction of sp³-hybridized carbons (Fsp3) is 0.647. The van der Waals surface area contributed by atoms with E-state index in [1.54, 1.807) is 12.1 Å². The summed E-state index contributed by atoms with van der Waals surface area (Å²) in [5.74, 6) is 1.33. The van der Waals surface area contributed by atoms with Crippen LogP contribution in [0.2, 0.25) is 0 Å². The van der Waals surface area contributed by atoms with E-state index in [0.717, 1.165) is 18.7 Å². The van der Waals surface area contributed by atoms with Crippen LogP contribution in [0.25, 0.3) is 0 Å². The molecule has 1 aliphatic rings. The number of hydrogen-bond acceptors (Lipinski definition) is 5. The van der Waals surface area contributed by atoms with Gasteiger partial charge < -0.3 is 19.5 Å². The lowest BCUT2D eigenvalue weighted by Crippen LogP contribution is -2.45. The number of alkyl halides is 3. The minimum atomic E-state index is -4.19. The highest BCUT2D eigenvalue weighted by Gasteiger charge is 2.32. The van der Waals surface area contributed by atoms with Crippen LogP contribution >= 0.6 is 12.4 Å². The van der Waals surface area contributed by atoms with E-state index in [4.69, 9.17) is 14.2 Å². The molecular formula is C17H26ClF3N2O3. The van der Waals surface area contributed by atoms with Gasteiger partial charge in [0.05, 0.1) is 21.3 Å². The monoisotopic (exact) mass is 398 g/mol. The van der Waals surface area contributed by atoms with Crippen LogP contribution in [-0.4, -0.2) is 58.6 Å². The molecule has 1 heterocycles. The van der Waals surface area contributed by atoms with Crippen LogP contribution in [0.4, 0.5) is 13.2 Å². The SMILES string of the molecule is COc1cc([C@H](CCC(F)(F)F)N2CCNCC2)cc(OC)c1OC.Cl. The molecule has 1 aliphatic heterocycles. The van der Waals surface area contributed by atoms with E-state index in [2.05, 4.69) is 10.2 Å². The Hall–Kier alpha value is -1.38. The van der Waals surface area contributed by atoms with Crippen LogP contribution in [0.15, 0.2) is 12.1 Å². The van der Waals surface area contributed by atoms with Crippen molar-refractivity contribution in [2.75, 3.05) is 47.5 Å². The second-order valence-corrected chi connectivity index (χ2v) is 5.91. The lowest BCUT2D eigenvalue weighted by atomic mass is 9.98. The van der Waals surface area contributed by atoms with Crippen molar-refractivity contribution in [2.24, 2.45) is 0 Å². The van der Waals surface area contributed by atoms with Crippen molar-refractivity contribution in [2.45, 2.75) is 25.1 Å². The molecule has 1 saturated heterocycles. The summed E-state index contributed by atoms with van der Waals surface area (Å²) < 4.78 is 54.4. The Kier molecular flexibility index (Phi) is 8.79. The fourth-order valence-electron chi connectivity index (χ4n) is 3.15. The lowest BCUT2D eigenvalue weighted by molar-refractivity contribution is -0.138. The predicted octanol–water partition coefficient (Wildman–Crippen LogP) is 3.42. The van der Waals surface area contributed by atoms with Gasteiger partial charge in [0, 0.05) is 38.6 Å². The molecule has 1 N–H and O–H groups in total. The van der Waals surface area contributed by atoms with Gasteiger partial charge in [-0.15, -0.1) is 12.4 Å². The quantitative estimate of drug-likeness (QED) is 0.762. The molecule has 0 aromatic heterocycles. The summed E-state index contributed by atoms with van der Waals surface area (Å²) in [6.07, 6.45) is -5.03. The number of benzene rings is 1. The van der Waals surface area contributed by atoms with Gasteiger partial charge >= 0.3 is 6.18 Å². The van der Waals surface area contributed by atoms with E-state index in [1.165, 1.54) is 21.3 Å². The molecule has 1 aromatic carbocycles. The van der Waals surface area contributed by atoms with Crippen LogP contribution < -0.4 is 19.5 Å². The van der Waals surface area contributed by atoms with E-state index in [9.17, 15) is 13.2 Å². The Morgan fingerprint density at radius 3 is 2.00 bits per heavy atom. The first-order valence-corrected chi connectivity index (χ1v) is 8.21. The molecule has 1 fully saturated rings. The smallest absolute Gasteiger partial charge is 0.389 e. The molecule has 150 valence electrons. The van der Waals surface area contributed by atoms with Crippen LogP contribution in [0.3, 0.4) is 0 Å². The van der Waals surface area contributed by atoms with Crippen molar-refractivity contribution in [3.05, 3.63) is 17.7 Å². The Morgan fingerprint density at radius 1 is 1.04 bits per heavy atom. The topological polar surface area (TPSA) is 43.0 Å². The van der Waals surface area contributed by atoms with E-state index in [0.29, 0.717) is 30.3 Å². The van der Waals surface area contributed by atoms with Crippen molar-refractivity contribution >= 4 is 12.4 Å². The highest BCUT2D eigenvalue weighted by atomic mass is 35.5. The molecule has 1 aromatic rings. The number of nitrogens with one attached hydrogen (secondary N) is 1. The lowest BCUT2D eigenvalue weighted by Gasteiger charge is -2.36. The first-order valence-electron chi connectivity index (χ1n) is 8.21. The largest absolute Gasteiger partial charge is 0.493 e. The zero-order valence-electron chi connectivity index (χ0n) is 15.2.